The summed E-state index contributed by atoms with van der Waals surface area (Å²) in [6.45, 7) is -0.526. The summed E-state index contributed by atoms with van der Waals surface area (Å²) in [6, 6.07) is 1.51. The molecule has 8 heteroatoms. The fourth-order valence-corrected chi connectivity index (χ4v) is 2.80. The van der Waals surface area contributed by atoms with Gasteiger partial charge in [-0.2, -0.15) is 5.10 Å². The molecule has 0 spiro atoms. The predicted molar refractivity (Wildman–Crippen MR) is 80.3 cm³/mol. The first kappa shape index (κ1) is 15.3. The van der Waals surface area contributed by atoms with Gasteiger partial charge in [0, 0.05) is 11.8 Å². The molecule has 0 radical (unpaired) electrons. The summed E-state index contributed by atoms with van der Waals surface area (Å²) in [6.07, 6.45) is 6.82. The second-order valence-corrected chi connectivity index (χ2v) is 5.80. The molecular formula is C15H18N4O4. The highest BCUT2D eigenvalue weighted by Gasteiger charge is 2.22. The van der Waals surface area contributed by atoms with Crippen LogP contribution in [0.15, 0.2) is 12.4 Å². The first-order valence-electron chi connectivity index (χ1n) is 7.61. The maximum atomic E-state index is 12.1. The standard InChI is InChI=1S/C15H18N4O4/c20-11-6-10(5-4-9-2-1-3-9)19-14(17-8-18-19)13(11)15(23)16-7-12(21)22/h6,8-9,20H,1-5,7H2,(H,16,23)(H,21,22). The van der Waals surface area contributed by atoms with Gasteiger partial charge in [-0.25, -0.2) is 9.50 Å². The maximum Gasteiger partial charge on any atom is 0.322 e. The molecule has 3 N–H and O–H groups in total. The Hall–Kier alpha value is -2.64. The fraction of sp³-hybridized carbons (Fsp3) is 0.467. The van der Waals surface area contributed by atoms with Crippen molar-refractivity contribution in [3.8, 4) is 5.75 Å². The Labute approximate surface area is 132 Å². The van der Waals surface area contributed by atoms with E-state index in [4.69, 9.17) is 5.11 Å². The lowest BCUT2D eigenvalue weighted by Gasteiger charge is -2.25. The molecule has 23 heavy (non-hydrogen) atoms. The van der Waals surface area contributed by atoms with Gasteiger partial charge in [-0.05, 0) is 18.8 Å². The Bertz CT molecular complexity index is 751. The summed E-state index contributed by atoms with van der Waals surface area (Å²) < 4.78 is 1.54. The minimum Gasteiger partial charge on any atom is -0.507 e. The number of rotatable bonds is 6. The lowest BCUT2D eigenvalue weighted by Crippen LogP contribution is -2.30. The number of carboxylic acid groups (broad SMARTS) is 1. The molecule has 1 amide bonds. The molecule has 1 aliphatic rings. The van der Waals surface area contributed by atoms with Gasteiger partial charge in [-0.1, -0.05) is 19.3 Å². The summed E-state index contributed by atoms with van der Waals surface area (Å²) in [5, 5.41) is 25.2. The van der Waals surface area contributed by atoms with E-state index in [2.05, 4.69) is 15.4 Å². The van der Waals surface area contributed by atoms with E-state index < -0.39 is 18.4 Å². The highest BCUT2D eigenvalue weighted by Crippen LogP contribution is 2.31. The molecule has 122 valence electrons. The van der Waals surface area contributed by atoms with E-state index >= 15 is 0 Å². The van der Waals surface area contributed by atoms with Crippen molar-refractivity contribution in [2.24, 2.45) is 5.92 Å². The van der Waals surface area contributed by atoms with Crippen molar-refractivity contribution < 1.29 is 19.8 Å². The van der Waals surface area contributed by atoms with E-state index in [0.717, 1.165) is 18.5 Å². The molecule has 0 unspecified atom stereocenters. The van der Waals surface area contributed by atoms with E-state index in [1.807, 2.05) is 0 Å². The Morgan fingerprint density at radius 1 is 1.39 bits per heavy atom. The summed E-state index contributed by atoms with van der Waals surface area (Å²) in [7, 11) is 0. The molecule has 2 aromatic rings. The van der Waals surface area contributed by atoms with Crippen LogP contribution in [-0.4, -0.2) is 43.2 Å². The third kappa shape index (κ3) is 3.10. The smallest absolute Gasteiger partial charge is 0.322 e. The van der Waals surface area contributed by atoms with E-state index in [0.29, 0.717) is 5.92 Å². The average molecular weight is 318 g/mol. The van der Waals surface area contributed by atoms with Crippen LogP contribution in [0.2, 0.25) is 0 Å². The quantitative estimate of drug-likeness (QED) is 0.731. The van der Waals surface area contributed by atoms with Crippen molar-refractivity contribution in [3.63, 3.8) is 0 Å². The number of aliphatic carboxylic acids is 1. The Balaban J connectivity index is 1.87. The minimum absolute atomic E-state index is 0.0591. The van der Waals surface area contributed by atoms with Gasteiger partial charge in [0.1, 0.15) is 24.2 Å². The van der Waals surface area contributed by atoms with Gasteiger partial charge in [0.25, 0.3) is 5.91 Å². The van der Waals surface area contributed by atoms with Crippen LogP contribution >= 0.6 is 0 Å². The highest BCUT2D eigenvalue weighted by atomic mass is 16.4. The van der Waals surface area contributed by atoms with Gasteiger partial charge in [-0.3, -0.25) is 9.59 Å². The van der Waals surface area contributed by atoms with Gasteiger partial charge in [0.05, 0.1) is 0 Å². The van der Waals surface area contributed by atoms with Gasteiger partial charge in [0.15, 0.2) is 5.65 Å². The average Bonchev–Trinajstić information content (AvgIpc) is 2.92. The van der Waals surface area contributed by atoms with E-state index in [1.165, 1.54) is 36.2 Å². The number of nitrogens with zero attached hydrogens (tertiary/aromatic N) is 3. The lowest BCUT2D eigenvalue weighted by atomic mass is 9.82. The molecule has 0 aromatic carbocycles. The summed E-state index contributed by atoms with van der Waals surface area (Å²) >= 11 is 0. The van der Waals surface area contributed by atoms with Crippen molar-refractivity contribution >= 4 is 17.5 Å². The van der Waals surface area contributed by atoms with E-state index in [1.54, 1.807) is 0 Å². The molecule has 1 fully saturated rings. The van der Waals surface area contributed by atoms with Crippen LogP contribution < -0.4 is 5.32 Å². The van der Waals surface area contributed by atoms with Crippen LogP contribution in [0.4, 0.5) is 0 Å². The topological polar surface area (TPSA) is 117 Å². The number of aromatic nitrogens is 3. The number of carbonyl (C=O) groups excluding carboxylic acids is 1. The SMILES string of the molecule is O=C(O)CNC(=O)c1c(O)cc(CCC2CCC2)n2ncnc12. The zero-order chi connectivity index (χ0) is 16.4. The zero-order valence-corrected chi connectivity index (χ0v) is 12.5. The monoisotopic (exact) mass is 318 g/mol. The number of carboxylic acids is 1. The fourth-order valence-electron chi connectivity index (χ4n) is 2.80. The lowest BCUT2D eigenvalue weighted by molar-refractivity contribution is -0.135. The first-order valence-corrected chi connectivity index (χ1v) is 7.61. The van der Waals surface area contributed by atoms with E-state index in [9.17, 15) is 14.7 Å². The Morgan fingerprint density at radius 3 is 2.83 bits per heavy atom. The molecule has 2 aromatic heterocycles. The summed E-state index contributed by atoms with van der Waals surface area (Å²) in [5.41, 5.74) is 0.962. The van der Waals surface area contributed by atoms with E-state index in [-0.39, 0.29) is 17.0 Å². The molecule has 0 atom stereocenters. The van der Waals surface area contributed by atoms with Crippen molar-refractivity contribution in [3.05, 3.63) is 23.7 Å². The van der Waals surface area contributed by atoms with Crippen molar-refractivity contribution in [2.45, 2.75) is 32.1 Å². The van der Waals surface area contributed by atoms with Gasteiger partial charge in [-0.15, -0.1) is 0 Å². The highest BCUT2D eigenvalue weighted by molar-refractivity contribution is 6.03. The van der Waals surface area contributed by atoms with Crippen LogP contribution in [0.25, 0.3) is 5.65 Å². The van der Waals surface area contributed by atoms with Crippen LogP contribution in [0, 0.1) is 5.92 Å². The second-order valence-electron chi connectivity index (χ2n) is 5.80. The minimum atomic E-state index is -1.16. The molecule has 1 saturated carbocycles. The largest absolute Gasteiger partial charge is 0.507 e. The number of carbonyl (C=O) groups is 2. The summed E-state index contributed by atoms with van der Waals surface area (Å²) in [4.78, 5) is 26.7. The molecule has 8 nitrogen and oxygen atoms in total. The molecule has 1 aliphatic carbocycles. The third-order valence-electron chi connectivity index (χ3n) is 4.26. The normalized spacial score (nSPS) is 14.6. The number of hydrogen-bond acceptors (Lipinski definition) is 5. The van der Waals surface area contributed by atoms with Gasteiger partial charge < -0.3 is 15.5 Å². The number of aryl methyl sites for hydroxylation is 1. The van der Waals surface area contributed by atoms with Crippen LogP contribution in [0.3, 0.4) is 0 Å². The van der Waals surface area contributed by atoms with Crippen LogP contribution in [0.5, 0.6) is 5.75 Å². The molecule has 2 heterocycles. The van der Waals surface area contributed by atoms with Crippen LogP contribution in [0.1, 0.15) is 41.7 Å². The van der Waals surface area contributed by atoms with Crippen molar-refractivity contribution in [1.82, 2.24) is 19.9 Å². The molecule has 3 rings (SSSR count). The van der Waals surface area contributed by atoms with Gasteiger partial charge in [0.2, 0.25) is 0 Å². The number of fused-ring (bicyclic) bond motifs is 1. The maximum absolute atomic E-state index is 12.1. The molecule has 0 aliphatic heterocycles. The second kappa shape index (κ2) is 6.23. The number of hydrogen-bond donors (Lipinski definition) is 3. The summed E-state index contributed by atoms with van der Waals surface area (Å²) in [5.74, 6) is -1.34. The zero-order valence-electron chi connectivity index (χ0n) is 12.5. The first-order chi connectivity index (χ1) is 11.1. The van der Waals surface area contributed by atoms with Crippen molar-refractivity contribution in [2.75, 3.05) is 6.54 Å². The number of nitrogens with one attached hydrogen (secondary N) is 1. The number of amides is 1. The Morgan fingerprint density at radius 2 is 2.17 bits per heavy atom. The predicted octanol–water partition coefficient (Wildman–Crippen LogP) is 0.982. The van der Waals surface area contributed by atoms with Crippen LogP contribution in [-0.2, 0) is 11.2 Å². The number of aromatic hydroxyl groups is 1. The van der Waals surface area contributed by atoms with Crippen molar-refractivity contribution in [1.29, 1.82) is 0 Å². The molecule has 0 saturated heterocycles. The number of pyridine rings is 1. The Kier molecular flexibility index (Phi) is 4.14. The molecule has 0 bridgehead atoms. The third-order valence-corrected chi connectivity index (χ3v) is 4.26. The van der Waals surface area contributed by atoms with Gasteiger partial charge >= 0.3 is 5.97 Å². The molecular weight excluding hydrogens is 300 g/mol.